The highest BCUT2D eigenvalue weighted by Gasteiger charge is 2.34. The molecule has 2 N–H and O–H groups in total. The Labute approximate surface area is 188 Å². The number of ether oxygens (including phenoxy) is 1. The number of alkyl halides is 1. The largest absolute Gasteiger partial charge is 0.503 e. The van der Waals surface area contributed by atoms with Gasteiger partial charge >= 0.3 is 0 Å². The summed E-state index contributed by atoms with van der Waals surface area (Å²) in [5, 5.41) is 13.9. The topological polar surface area (TPSA) is 78.9 Å². The Kier molecular flexibility index (Phi) is 8.85. The van der Waals surface area contributed by atoms with Gasteiger partial charge in [0.2, 0.25) is 0 Å². The first kappa shape index (κ1) is 23.3. The number of aliphatic hydroxyl groups excluding tert-OH is 1. The van der Waals surface area contributed by atoms with E-state index in [-0.39, 0.29) is 22.3 Å². The summed E-state index contributed by atoms with van der Waals surface area (Å²) in [6.45, 7) is 4.50. The summed E-state index contributed by atoms with van der Waals surface area (Å²) >= 11 is 14.0. The third-order valence-electron chi connectivity index (χ3n) is 4.33. The zero-order valence-corrected chi connectivity index (χ0v) is 19.3. The van der Waals surface area contributed by atoms with Crippen molar-refractivity contribution in [3.8, 4) is 0 Å². The Bertz CT molecular complexity index is 770. The van der Waals surface area contributed by atoms with Crippen molar-refractivity contribution in [1.29, 1.82) is 0 Å². The summed E-state index contributed by atoms with van der Waals surface area (Å²) in [7, 11) is 0. The highest BCUT2D eigenvalue weighted by molar-refractivity contribution is 14.1. The summed E-state index contributed by atoms with van der Waals surface area (Å²) in [4.78, 5) is 26.0. The zero-order chi connectivity index (χ0) is 20.8. The van der Waals surface area contributed by atoms with Crippen LogP contribution in [-0.2, 0) is 20.7 Å². The van der Waals surface area contributed by atoms with Crippen LogP contribution in [0.25, 0.3) is 0 Å². The van der Waals surface area contributed by atoms with Crippen LogP contribution in [0.1, 0.15) is 25.8 Å². The number of rotatable bonds is 9. The van der Waals surface area contributed by atoms with E-state index in [1.807, 2.05) is 19.9 Å². The van der Waals surface area contributed by atoms with Crippen LogP contribution in [0.2, 0.25) is 10.0 Å². The van der Waals surface area contributed by atoms with Crippen LogP contribution in [0.5, 0.6) is 0 Å². The molecular formula is C19H23Cl2IN2O4. The first-order valence-electron chi connectivity index (χ1n) is 8.91. The van der Waals surface area contributed by atoms with Gasteiger partial charge in [-0.3, -0.25) is 9.59 Å². The fourth-order valence-electron chi connectivity index (χ4n) is 2.76. The van der Waals surface area contributed by atoms with E-state index in [0.29, 0.717) is 36.0 Å². The predicted molar refractivity (Wildman–Crippen MR) is 118 cm³/mol. The van der Waals surface area contributed by atoms with Gasteiger partial charge in [0.15, 0.2) is 5.76 Å². The molecule has 0 aromatic heterocycles. The molecule has 2 unspecified atom stereocenters. The molecule has 1 aliphatic rings. The van der Waals surface area contributed by atoms with Crippen LogP contribution >= 0.6 is 45.8 Å². The lowest BCUT2D eigenvalue weighted by Crippen LogP contribution is -2.36. The number of aliphatic hydroxyl groups is 1. The molecule has 0 radical (unpaired) electrons. The second kappa shape index (κ2) is 10.7. The van der Waals surface area contributed by atoms with Gasteiger partial charge in [-0.1, -0.05) is 51.9 Å². The molecule has 0 saturated heterocycles. The molecule has 0 aliphatic carbocycles. The monoisotopic (exact) mass is 540 g/mol. The standard InChI is InChI=1S/C19H23Cl2IN2O4/c1-11(3-4-13-5-6-15(20)16(21)9-13)23-18(26)14-10-24(19(27)17(14)25)7-8-28-12(2)22/h5-6,9,11-12,25H,3-4,7-8,10H2,1-2H3,(H,23,26). The summed E-state index contributed by atoms with van der Waals surface area (Å²) in [6, 6.07) is 5.30. The van der Waals surface area contributed by atoms with E-state index < -0.39 is 17.6 Å². The minimum atomic E-state index is -0.543. The van der Waals surface area contributed by atoms with Gasteiger partial charge in [-0.2, -0.15) is 0 Å². The predicted octanol–water partition coefficient (Wildman–Crippen LogP) is 3.88. The molecule has 9 heteroatoms. The van der Waals surface area contributed by atoms with Crippen molar-refractivity contribution in [2.75, 3.05) is 19.7 Å². The van der Waals surface area contributed by atoms with Crippen molar-refractivity contribution < 1.29 is 19.4 Å². The van der Waals surface area contributed by atoms with Crippen molar-refractivity contribution >= 4 is 57.6 Å². The second-order valence-electron chi connectivity index (χ2n) is 6.63. The highest BCUT2D eigenvalue weighted by Crippen LogP contribution is 2.23. The molecule has 0 fully saturated rings. The van der Waals surface area contributed by atoms with Gasteiger partial charge in [0, 0.05) is 12.6 Å². The number of benzene rings is 1. The molecular weight excluding hydrogens is 518 g/mol. The number of hydrogen-bond acceptors (Lipinski definition) is 4. The van der Waals surface area contributed by atoms with Gasteiger partial charge in [-0.15, -0.1) is 0 Å². The minimum absolute atomic E-state index is 0.0241. The van der Waals surface area contributed by atoms with Gasteiger partial charge in [0.1, 0.15) is 4.11 Å². The molecule has 154 valence electrons. The molecule has 2 atom stereocenters. The average Bonchev–Trinajstić information content (AvgIpc) is 2.91. The first-order chi connectivity index (χ1) is 13.2. The van der Waals surface area contributed by atoms with Gasteiger partial charge in [-0.05, 0) is 44.4 Å². The summed E-state index contributed by atoms with van der Waals surface area (Å²) in [5.41, 5.74) is 1.11. The maximum atomic E-state index is 12.5. The molecule has 0 spiro atoms. The maximum Gasteiger partial charge on any atom is 0.289 e. The van der Waals surface area contributed by atoms with Gasteiger partial charge in [0.25, 0.3) is 11.8 Å². The Balaban J connectivity index is 1.85. The second-order valence-corrected chi connectivity index (χ2v) is 9.20. The molecule has 0 bridgehead atoms. The highest BCUT2D eigenvalue weighted by atomic mass is 127. The number of carbonyl (C=O) groups excluding carboxylic acids is 2. The van der Waals surface area contributed by atoms with E-state index in [1.54, 1.807) is 12.1 Å². The van der Waals surface area contributed by atoms with Crippen LogP contribution in [-0.4, -0.2) is 51.7 Å². The van der Waals surface area contributed by atoms with Crippen molar-refractivity contribution in [2.24, 2.45) is 0 Å². The molecule has 1 aliphatic heterocycles. The number of halogens is 3. The van der Waals surface area contributed by atoms with E-state index in [4.69, 9.17) is 27.9 Å². The lowest BCUT2D eigenvalue weighted by Gasteiger charge is -2.17. The molecule has 1 aromatic rings. The fourth-order valence-corrected chi connectivity index (χ4v) is 3.34. The minimum Gasteiger partial charge on any atom is -0.503 e. The SMILES string of the molecule is CC(CCc1ccc(Cl)c(Cl)c1)NC(=O)C1=C(O)C(=O)N(CCOC(C)I)C1. The molecule has 6 nitrogen and oxygen atoms in total. The van der Waals surface area contributed by atoms with E-state index in [0.717, 1.165) is 5.56 Å². The molecule has 0 saturated carbocycles. The quantitative estimate of drug-likeness (QED) is 0.368. The maximum absolute atomic E-state index is 12.5. The van der Waals surface area contributed by atoms with Crippen LogP contribution < -0.4 is 5.32 Å². The van der Waals surface area contributed by atoms with Crippen molar-refractivity contribution in [1.82, 2.24) is 10.2 Å². The van der Waals surface area contributed by atoms with Crippen LogP contribution in [0.15, 0.2) is 29.5 Å². The number of nitrogens with zero attached hydrogens (tertiary/aromatic N) is 1. The van der Waals surface area contributed by atoms with Gasteiger partial charge in [0.05, 0.1) is 28.8 Å². The summed E-state index contributed by atoms with van der Waals surface area (Å²) in [6.07, 6.45) is 1.39. The van der Waals surface area contributed by atoms with Gasteiger partial charge < -0.3 is 20.1 Å². The summed E-state index contributed by atoms with van der Waals surface area (Å²) < 4.78 is 5.44. The van der Waals surface area contributed by atoms with Crippen LogP contribution in [0, 0.1) is 0 Å². The van der Waals surface area contributed by atoms with E-state index in [1.165, 1.54) is 4.90 Å². The number of carbonyl (C=O) groups is 2. The Morgan fingerprint density at radius 2 is 2.07 bits per heavy atom. The molecule has 1 aromatic carbocycles. The molecule has 28 heavy (non-hydrogen) atoms. The van der Waals surface area contributed by atoms with Crippen molar-refractivity contribution in [3.63, 3.8) is 0 Å². The smallest absolute Gasteiger partial charge is 0.289 e. The lowest BCUT2D eigenvalue weighted by atomic mass is 10.1. The molecule has 2 rings (SSSR count). The first-order valence-corrected chi connectivity index (χ1v) is 10.9. The number of aryl methyl sites for hydroxylation is 1. The van der Waals surface area contributed by atoms with Crippen LogP contribution in [0.3, 0.4) is 0 Å². The molecule has 1 heterocycles. The number of hydrogen-bond donors (Lipinski definition) is 2. The van der Waals surface area contributed by atoms with Crippen molar-refractivity contribution in [2.45, 2.75) is 36.8 Å². The van der Waals surface area contributed by atoms with Crippen LogP contribution in [0.4, 0.5) is 0 Å². The third-order valence-corrected chi connectivity index (χ3v) is 5.43. The number of nitrogens with one attached hydrogen (secondary N) is 1. The Hall–Kier alpha value is -1.03. The lowest BCUT2D eigenvalue weighted by molar-refractivity contribution is -0.128. The van der Waals surface area contributed by atoms with Crippen molar-refractivity contribution in [3.05, 3.63) is 45.1 Å². The Morgan fingerprint density at radius 1 is 1.36 bits per heavy atom. The van der Waals surface area contributed by atoms with Gasteiger partial charge in [-0.25, -0.2) is 0 Å². The fraction of sp³-hybridized carbons (Fsp3) is 0.474. The Morgan fingerprint density at radius 3 is 2.71 bits per heavy atom. The summed E-state index contributed by atoms with van der Waals surface area (Å²) in [5.74, 6) is -1.46. The van der Waals surface area contributed by atoms with E-state index in [9.17, 15) is 14.7 Å². The third kappa shape index (κ3) is 6.50. The molecule has 2 amide bonds. The number of amides is 2. The normalized spacial score (nSPS) is 16.5. The van der Waals surface area contributed by atoms with E-state index >= 15 is 0 Å². The average molecular weight is 541 g/mol. The van der Waals surface area contributed by atoms with E-state index in [2.05, 4.69) is 27.9 Å². The zero-order valence-electron chi connectivity index (χ0n) is 15.7.